The molecule has 0 spiro atoms. The molecule has 1 fully saturated rings. The largest absolute Gasteiger partial charge is 0.324 e. The number of nitrogens with one attached hydrogen (secondary N) is 2. The smallest absolute Gasteiger partial charge is 0.231 e. The predicted octanol–water partition coefficient (Wildman–Crippen LogP) is 1.94. The van der Waals surface area contributed by atoms with Crippen molar-refractivity contribution in [2.75, 3.05) is 18.4 Å². The van der Waals surface area contributed by atoms with Crippen molar-refractivity contribution < 1.29 is 9.18 Å². The Morgan fingerprint density at radius 2 is 2.44 bits per heavy atom. The summed E-state index contributed by atoms with van der Waals surface area (Å²) in [4.78, 5) is 15.9. The van der Waals surface area contributed by atoms with Crippen molar-refractivity contribution in [1.82, 2.24) is 10.3 Å². The van der Waals surface area contributed by atoms with Crippen molar-refractivity contribution in [2.45, 2.75) is 26.2 Å². The van der Waals surface area contributed by atoms with Crippen molar-refractivity contribution in [3.05, 3.63) is 24.3 Å². The van der Waals surface area contributed by atoms with Crippen LogP contribution >= 0.6 is 0 Å². The fraction of sp³-hybridized carbons (Fsp3) is 0.538. The highest BCUT2D eigenvalue weighted by molar-refractivity contribution is 5.95. The van der Waals surface area contributed by atoms with Gasteiger partial charge in [0.05, 0.1) is 17.3 Å². The molecule has 1 aliphatic rings. The molecule has 0 radical (unpaired) electrons. The first-order valence-corrected chi connectivity index (χ1v) is 6.30. The number of nitrogens with zero attached hydrogens (tertiary/aromatic N) is 1. The molecule has 0 aliphatic carbocycles. The topological polar surface area (TPSA) is 54.0 Å². The molecule has 0 saturated carbocycles. The van der Waals surface area contributed by atoms with Gasteiger partial charge in [0.1, 0.15) is 0 Å². The SMILES string of the molecule is CCCC1(C(=O)Nc2ccc(F)nc2)CCNC1. The monoisotopic (exact) mass is 251 g/mol. The number of pyridine rings is 1. The van der Waals surface area contributed by atoms with E-state index in [9.17, 15) is 9.18 Å². The molecule has 1 amide bonds. The summed E-state index contributed by atoms with van der Waals surface area (Å²) in [6.45, 7) is 3.66. The Kier molecular flexibility index (Phi) is 3.91. The van der Waals surface area contributed by atoms with Gasteiger partial charge in [-0.25, -0.2) is 4.98 Å². The molecule has 1 atom stereocenters. The molecule has 98 valence electrons. The number of rotatable bonds is 4. The second kappa shape index (κ2) is 5.44. The van der Waals surface area contributed by atoms with E-state index in [-0.39, 0.29) is 11.3 Å². The minimum atomic E-state index is -0.543. The van der Waals surface area contributed by atoms with E-state index in [1.165, 1.54) is 18.3 Å². The third-order valence-electron chi connectivity index (χ3n) is 3.44. The zero-order valence-electron chi connectivity index (χ0n) is 10.5. The molecule has 1 unspecified atom stereocenters. The molecule has 18 heavy (non-hydrogen) atoms. The first-order valence-electron chi connectivity index (χ1n) is 6.30. The van der Waals surface area contributed by atoms with Gasteiger partial charge in [-0.3, -0.25) is 4.79 Å². The van der Waals surface area contributed by atoms with Crippen molar-refractivity contribution >= 4 is 11.6 Å². The molecule has 4 nitrogen and oxygen atoms in total. The normalized spacial score (nSPS) is 23.0. The highest BCUT2D eigenvalue weighted by Gasteiger charge is 2.40. The maximum atomic E-state index is 12.7. The standard InChI is InChI=1S/C13H18FN3O/c1-2-5-13(6-7-15-9-13)12(18)17-10-3-4-11(14)16-8-10/h3-4,8,15H,2,5-7,9H2,1H3,(H,17,18). The third kappa shape index (κ3) is 2.67. The molecule has 1 aliphatic heterocycles. The minimum absolute atomic E-state index is 0.00255. The number of amides is 1. The van der Waals surface area contributed by atoms with Gasteiger partial charge in [-0.05, 0) is 31.5 Å². The lowest BCUT2D eigenvalue weighted by atomic mass is 9.81. The Morgan fingerprint density at radius 1 is 1.61 bits per heavy atom. The Balaban J connectivity index is 2.07. The minimum Gasteiger partial charge on any atom is -0.324 e. The molecule has 2 heterocycles. The first-order chi connectivity index (χ1) is 8.66. The number of anilines is 1. The molecule has 5 heteroatoms. The summed E-state index contributed by atoms with van der Waals surface area (Å²) < 4.78 is 12.7. The molecule has 1 aromatic heterocycles. The van der Waals surface area contributed by atoms with Gasteiger partial charge in [0, 0.05) is 6.54 Å². The van der Waals surface area contributed by atoms with Crippen LogP contribution in [0.3, 0.4) is 0 Å². The van der Waals surface area contributed by atoms with Gasteiger partial charge in [-0.15, -0.1) is 0 Å². The Hall–Kier alpha value is -1.49. The first kappa shape index (κ1) is 13.0. The van der Waals surface area contributed by atoms with Gasteiger partial charge in [0.25, 0.3) is 0 Å². The van der Waals surface area contributed by atoms with Crippen LogP contribution in [-0.2, 0) is 4.79 Å². The van der Waals surface area contributed by atoms with Crippen LogP contribution < -0.4 is 10.6 Å². The van der Waals surface area contributed by atoms with Gasteiger partial charge in [-0.1, -0.05) is 13.3 Å². The molecule has 2 rings (SSSR count). The lowest BCUT2D eigenvalue weighted by molar-refractivity contribution is -0.125. The molecule has 0 bridgehead atoms. The van der Waals surface area contributed by atoms with E-state index in [1.54, 1.807) is 0 Å². The summed E-state index contributed by atoms with van der Waals surface area (Å²) >= 11 is 0. The zero-order chi connectivity index (χ0) is 13.0. The summed E-state index contributed by atoms with van der Waals surface area (Å²) in [6.07, 6.45) is 4.02. The molecule has 0 aromatic carbocycles. The van der Waals surface area contributed by atoms with Crippen LogP contribution in [0.2, 0.25) is 0 Å². The van der Waals surface area contributed by atoms with E-state index in [4.69, 9.17) is 0 Å². The Labute approximate surface area is 106 Å². The number of carbonyl (C=O) groups excluding carboxylic acids is 1. The summed E-state index contributed by atoms with van der Waals surface area (Å²) in [5.74, 6) is -0.540. The molecule has 1 saturated heterocycles. The maximum absolute atomic E-state index is 12.7. The molecule has 1 aromatic rings. The lowest BCUT2D eigenvalue weighted by Crippen LogP contribution is -2.38. The summed E-state index contributed by atoms with van der Waals surface area (Å²) in [7, 11) is 0. The van der Waals surface area contributed by atoms with Crippen molar-refractivity contribution in [3.63, 3.8) is 0 Å². The van der Waals surface area contributed by atoms with Crippen LogP contribution in [0.15, 0.2) is 18.3 Å². The predicted molar refractivity (Wildman–Crippen MR) is 67.7 cm³/mol. The number of hydrogen-bond donors (Lipinski definition) is 2. The van der Waals surface area contributed by atoms with Crippen molar-refractivity contribution in [2.24, 2.45) is 5.41 Å². The van der Waals surface area contributed by atoms with E-state index in [0.29, 0.717) is 12.2 Å². The zero-order valence-corrected chi connectivity index (χ0v) is 10.5. The quantitative estimate of drug-likeness (QED) is 0.804. The van der Waals surface area contributed by atoms with Crippen molar-refractivity contribution in [3.8, 4) is 0 Å². The van der Waals surface area contributed by atoms with Crippen LogP contribution in [0.4, 0.5) is 10.1 Å². The average Bonchev–Trinajstić information content (AvgIpc) is 2.82. The van der Waals surface area contributed by atoms with E-state index in [0.717, 1.165) is 25.8 Å². The second-order valence-electron chi connectivity index (χ2n) is 4.78. The van der Waals surface area contributed by atoms with Crippen molar-refractivity contribution in [1.29, 1.82) is 0 Å². The molecular weight excluding hydrogens is 233 g/mol. The lowest BCUT2D eigenvalue weighted by Gasteiger charge is -2.26. The Morgan fingerprint density at radius 3 is 3.00 bits per heavy atom. The fourth-order valence-electron chi connectivity index (χ4n) is 2.46. The van der Waals surface area contributed by atoms with E-state index < -0.39 is 5.95 Å². The summed E-state index contributed by atoms with van der Waals surface area (Å²) in [6, 6.07) is 2.78. The molecular formula is C13H18FN3O. The summed E-state index contributed by atoms with van der Waals surface area (Å²) in [5.41, 5.74) is 0.215. The number of halogens is 1. The van der Waals surface area contributed by atoms with Gasteiger partial charge >= 0.3 is 0 Å². The summed E-state index contributed by atoms with van der Waals surface area (Å²) in [5, 5.41) is 6.07. The second-order valence-corrected chi connectivity index (χ2v) is 4.78. The van der Waals surface area contributed by atoms with Crippen LogP contribution in [-0.4, -0.2) is 24.0 Å². The fourth-order valence-corrected chi connectivity index (χ4v) is 2.46. The van der Waals surface area contributed by atoms with E-state index >= 15 is 0 Å². The van der Waals surface area contributed by atoms with Gasteiger partial charge in [0.2, 0.25) is 11.9 Å². The third-order valence-corrected chi connectivity index (χ3v) is 3.44. The number of hydrogen-bond acceptors (Lipinski definition) is 3. The van der Waals surface area contributed by atoms with Gasteiger partial charge < -0.3 is 10.6 Å². The van der Waals surface area contributed by atoms with Crippen LogP contribution in [0.25, 0.3) is 0 Å². The van der Waals surface area contributed by atoms with Gasteiger partial charge in [-0.2, -0.15) is 4.39 Å². The number of carbonyl (C=O) groups is 1. The van der Waals surface area contributed by atoms with Crippen LogP contribution in [0.5, 0.6) is 0 Å². The van der Waals surface area contributed by atoms with E-state index in [1.807, 2.05) is 0 Å². The average molecular weight is 251 g/mol. The van der Waals surface area contributed by atoms with E-state index in [2.05, 4.69) is 22.5 Å². The van der Waals surface area contributed by atoms with Gasteiger partial charge in [0.15, 0.2) is 0 Å². The highest BCUT2D eigenvalue weighted by atomic mass is 19.1. The maximum Gasteiger partial charge on any atom is 0.231 e. The Bertz CT molecular complexity index is 413. The highest BCUT2D eigenvalue weighted by Crippen LogP contribution is 2.32. The van der Waals surface area contributed by atoms with Crippen LogP contribution in [0.1, 0.15) is 26.2 Å². The van der Waals surface area contributed by atoms with Crippen LogP contribution in [0, 0.1) is 11.4 Å². The number of aromatic nitrogens is 1. The molecule has 2 N–H and O–H groups in total.